The van der Waals surface area contributed by atoms with Gasteiger partial charge in [0.05, 0.1) is 10.0 Å². The Balaban J connectivity index is 2.73. The summed E-state index contributed by atoms with van der Waals surface area (Å²) in [7, 11) is 0. The van der Waals surface area contributed by atoms with Gasteiger partial charge in [0.15, 0.2) is 0 Å². The molecule has 0 radical (unpaired) electrons. The highest BCUT2D eigenvalue weighted by atomic mass is 35.5. The lowest BCUT2D eigenvalue weighted by atomic mass is 9.95. The fourth-order valence-electron chi connectivity index (χ4n) is 1.48. The molecule has 0 aliphatic carbocycles. The second-order valence-corrected chi connectivity index (χ2v) is 4.84. The van der Waals surface area contributed by atoms with Crippen molar-refractivity contribution in [1.29, 1.82) is 0 Å². The molecule has 0 bridgehead atoms. The van der Waals surface area contributed by atoms with Gasteiger partial charge in [-0.2, -0.15) is 0 Å². The largest absolute Gasteiger partial charge is 0.324 e. The van der Waals surface area contributed by atoms with Crippen molar-refractivity contribution in [3.05, 3.63) is 33.8 Å². The first-order chi connectivity index (χ1) is 7.04. The molecule has 0 aliphatic heterocycles. The SMILES string of the molecule is CCC(C)CC(N)c1ccc(Cl)c(Cl)c1. The van der Waals surface area contributed by atoms with Crippen molar-refractivity contribution in [2.75, 3.05) is 0 Å². The van der Waals surface area contributed by atoms with Gasteiger partial charge in [0.25, 0.3) is 0 Å². The van der Waals surface area contributed by atoms with E-state index in [1.54, 1.807) is 6.07 Å². The molecule has 1 aromatic carbocycles. The first-order valence-corrected chi connectivity index (χ1v) is 6.00. The lowest BCUT2D eigenvalue weighted by molar-refractivity contribution is 0.461. The average Bonchev–Trinajstić information content (AvgIpc) is 2.21. The topological polar surface area (TPSA) is 26.0 Å². The van der Waals surface area contributed by atoms with Crippen molar-refractivity contribution < 1.29 is 0 Å². The fraction of sp³-hybridized carbons (Fsp3) is 0.500. The Kier molecular flexibility index (Phi) is 4.91. The molecule has 2 N–H and O–H groups in total. The molecule has 0 spiro atoms. The summed E-state index contributed by atoms with van der Waals surface area (Å²) < 4.78 is 0. The third-order valence-electron chi connectivity index (χ3n) is 2.73. The smallest absolute Gasteiger partial charge is 0.0595 e. The van der Waals surface area contributed by atoms with E-state index in [-0.39, 0.29) is 6.04 Å². The van der Waals surface area contributed by atoms with Gasteiger partial charge in [0.1, 0.15) is 0 Å². The average molecular weight is 246 g/mol. The van der Waals surface area contributed by atoms with E-state index in [9.17, 15) is 0 Å². The number of benzene rings is 1. The summed E-state index contributed by atoms with van der Waals surface area (Å²) in [6, 6.07) is 5.66. The van der Waals surface area contributed by atoms with Gasteiger partial charge in [-0.3, -0.25) is 0 Å². The summed E-state index contributed by atoms with van der Waals surface area (Å²) >= 11 is 11.8. The molecule has 0 fully saturated rings. The van der Waals surface area contributed by atoms with Crippen LogP contribution in [0, 0.1) is 5.92 Å². The number of hydrogen-bond donors (Lipinski definition) is 1. The summed E-state index contributed by atoms with van der Waals surface area (Å²) in [4.78, 5) is 0. The van der Waals surface area contributed by atoms with Crippen molar-refractivity contribution >= 4 is 23.2 Å². The van der Waals surface area contributed by atoms with Crippen LogP contribution in [-0.2, 0) is 0 Å². The Morgan fingerprint density at radius 3 is 2.47 bits per heavy atom. The lowest BCUT2D eigenvalue weighted by Crippen LogP contribution is -2.13. The predicted molar refractivity (Wildman–Crippen MR) is 67.5 cm³/mol. The molecule has 0 saturated carbocycles. The molecule has 1 nitrogen and oxygen atoms in total. The third-order valence-corrected chi connectivity index (χ3v) is 3.46. The predicted octanol–water partition coefficient (Wildman–Crippen LogP) is 4.43. The summed E-state index contributed by atoms with van der Waals surface area (Å²) in [5.74, 6) is 0.634. The fourth-order valence-corrected chi connectivity index (χ4v) is 1.79. The zero-order chi connectivity index (χ0) is 11.4. The van der Waals surface area contributed by atoms with Gasteiger partial charge in [-0.15, -0.1) is 0 Å². The van der Waals surface area contributed by atoms with E-state index in [0.29, 0.717) is 16.0 Å². The maximum atomic E-state index is 6.09. The molecule has 0 aromatic heterocycles. The number of halogens is 2. The summed E-state index contributed by atoms with van der Waals surface area (Å²) in [5.41, 5.74) is 7.15. The highest BCUT2D eigenvalue weighted by molar-refractivity contribution is 6.42. The van der Waals surface area contributed by atoms with Crippen LogP contribution in [0.5, 0.6) is 0 Å². The van der Waals surface area contributed by atoms with E-state index < -0.39 is 0 Å². The Hall–Kier alpha value is -0.240. The molecule has 0 saturated heterocycles. The summed E-state index contributed by atoms with van der Waals surface area (Å²) in [5, 5.41) is 1.16. The van der Waals surface area contributed by atoms with Gasteiger partial charge < -0.3 is 5.73 Å². The van der Waals surface area contributed by atoms with Crippen LogP contribution in [0.4, 0.5) is 0 Å². The molecule has 1 aromatic rings. The molecule has 84 valence electrons. The van der Waals surface area contributed by atoms with Crippen molar-refractivity contribution in [3.8, 4) is 0 Å². The van der Waals surface area contributed by atoms with Gasteiger partial charge in [0.2, 0.25) is 0 Å². The van der Waals surface area contributed by atoms with Crippen LogP contribution >= 0.6 is 23.2 Å². The van der Waals surface area contributed by atoms with Crippen LogP contribution in [0.3, 0.4) is 0 Å². The van der Waals surface area contributed by atoms with Crippen molar-refractivity contribution in [1.82, 2.24) is 0 Å². The first kappa shape index (κ1) is 12.8. The van der Waals surface area contributed by atoms with Crippen molar-refractivity contribution in [2.24, 2.45) is 11.7 Å². The molecular formula is C12H17Cl2N. The zero-order valence-corrected chi connectivity index (χ0v) is 10.6. The summed E-state index contributed by atoms with van der Waals surface area (Å²) in [6.07, 6.45) is 2.13. The maximum absolute atomic E-state index is 6.09. The van der Waals surface area contributed by atoms with Crippen LogP contribution in [0.25, 0.3) is 0 Å². The van der Waals surface area contributed by atoms with Crippen LogP contribution in [0.15, 0.2) is 18.2 Å². The van der Waals surface area contributed by atoms with Crippen molar-refractivity contribution in [3.63, 3.8) is 0 Å². The molecule has 0 amide bonds. The van der Waals surface area contributed by atoms with E-state index in [2.05, 4.69) is 13.8 Å². The zero-order valence-electron chi connectivity index (χ0n) is 9.13. The number of hydrogen-bond acceptors (Lipinski definition) is 1. The Morgan fingerprint density at radius 1 is 1.27 bits per heavy atom. The first-order valence-electron chi connectivity index (χ1n) is 5.25. The Labute approximate surface area is 102 Å². The molecule has 2 atom stereocenters. The molecular weight excluding hydrogens is 229 g/mol. The second kappa shape index (κ2) is 5.74. The molecule has 0 heterocycles. The highest BCUT2D eigenvalue weighted by Gasteiger charge is 2.11. The molecule has 2 unspecified atom stereocenters. The monoisotopic (exact) mass is 245 g/mol. The maximum Gasteiger partial charge on any atom is 0.0595 e. The van der Waals surface area contributed by atoms with Crippen LogP contribution < -0.4 is 5.73 Å². The number of rotatable bonds is 4. The quantitative estimate of drug-likeness (QED) is 0.835. The Bertz CT molecular complexity index is 325. The molecule has 0 aliphatic rings. The van der Waals surface area contributed by atoms with Gasteiger partial charge in [-0.05, 0) is 30.0 Å². The van der Waals surface area contributed by atoms with Gasteiger partial charge in [0, 0.05) is 6.04 Å². The second-order valence-electron chi connectivity index (χ2n) is 4.03. The standard InChI is InChI=1S/C12H17Cl2N/c1-3-8(2)6-12(15)9-4-5-10(13)11(14)7-9/h4-5,7-8,12H,3,6,15H2,1-2H3. The van der Waals surface area contributed by atoms with E-state index >= 15 is 0 Å². The Morgan fingerprint density at radius 2 is 1.93 bits per heavy atom. The third kappa shape index (κ3) is 3.67. The lowest BCUT2D eigenvalue weighted by Gasteiger charge is -2.16. The normalized spacial score (nSPS) is 15.0. The minimum Gasteiger partial charge on any atom is -0.324 e. The van der Waals surface area contributed by atoms with E-state index in [0.717, 1.165) is 18.4 Å². The molecule has 3 heteroatoms. The minimum atomic E-state index is 0.0507. The minimum absolute atomic E-state index is 0.0507. The molecule has 1 rings (SSSR count). The number of nitrogens with two attached hydrogens (primary N) is 1. The van der Waals surface area contributed by atoms with Gasteiger partial charge in [-0.1, -0.05) is 49.5 Å². The van der Waals surface area contributed by atoms with E-state index in [1.807, 2.05) is 12.1 Å². The molecule has 15 heavy (non-hydrogen) atoms. The van der Waals surface area contributed by atoms with Crippen LogP contribution in [-0.4, -0.2) is 0 Å². The van der Waals surface area contributed by atoms with Crippen molar-refractivity contribution in [2.45, 2.75) is 32.7 Å². The van der Waals surface area contributed by atoms with Gasteiger partial charge in [-0.25, -0.2) is 0 Å². The summed E-state index contributed by atoms with van der Waals surface area (Å²) in [6.45, 7) is 4.38. The van der Waals surface area contributed by atoms with Gasteiger partial charge >= 0.3 is 0 Å². The van der Waals surface area contributed by atoms with E-state index in [1.165, 1.54) is 0 Å². The van der Waals surface area contributed by atoms with Crippen LogP contribution in [0.2, 0.25) is 10.0 Å². The van der Waals surface area contributed by atoms with E-state index in [4.69, 9.17) is 28.9 Å². The van der Waals surface area contributed by atoms with Crippen LogP contribution in [0.1, 0.15) is 38.3 Å². The highest BCUT2D eigenvalue weighted by Crippen LogP contribution is 2.27.